The summed E-state index contributed by atoms with van der Waals surface area (Å²) in [6.45, 7) is -0.248. The Morgan fingerprint density at radius 1 is 1.53 bits per heavy atom. The van der Waals surface area contributed by atoms with E-state index in [1.807, 2.05) is 0 Å². The number of aromatic amines is 1. The van der Waals surface area contributed by atoms with Crippen LogP contribution in [-0.4, -0.2) is 27.6 Å². The minimum atomic E-state index is -0.988. The molecule has 0 spiro atoms. The monoisotopic (exact) mass is 209 g/mol. The van der Waals surface area contributed by atoms with Gasteiger partial charge in [-0.3, -0.25) is 14.6 Å². The minimum Gasteiger partial charge on any atom is -0.480 e. The minimum absolute atomic E-state index is 0.162. The zero-order valence-electron chi connectivity index (χ0n) is 8.04. The third-order valence-electron chi connectivity index (χ3n) is 2.35. The van der Waals surface area contributed by atoms with E-state index in [1.54, 1.807) is 0 Å². The summed E-state index contributed by atoms with van der Waals surface area (Å²) in [5.74, 6) is -0.749. The van der Waals surface area contributed by atoms with Crippen LogP contribution in [0.25, 0.3) is 0 Å². The summed E-state index contributed by atoms with van der Waals surface area (Å²) >= 11 is 0. The van der Waals surface area contributed by atoms with Gasteiger partial charge in [0.05, 0.1) is 5.69 Å². The number of hydrogen-bond donors (Lipinski definition) is 3. The highest BCUT2D eigenvalue weighted by molar-refractivity contribution is 5.71. The van der Waals surface area contributed by atoms with Gasteiger partial charge >= 0.3 is 5.97 Å². The normalized spacial score (nSPS) is 13.6. The molecule has 1 aromatic rings. The van der Waals surface area contributed by atoms with Crippen molar-refractivity contribution in [2.75, 3.05) is 11.9 Å². The van der Waals surface area contributed by atoms with E-state index in [0.29, 0.717) is 0 Å². The lowest BCUT2D eigenvalue weighted by molar-refractivity contribution is -0.134. The first-order chi connectivity index (χ1) is 7.16. The average molecular weight is 209 g/mol. The van der Waals surface area contributed by atoms with Crippen molar-refractivity contribution in [1.29, 1.82) is 0 Å². The maximum absolute atomic E-state index is 11.5. The number of carbonyl (C=O) groups is 1. The van der Waals surface area contributed by atoms with Gasteiger partial charge in [-0.15, -0.1) is 0 Å². The standard InChI is InChI=1S/C9H11N3O3/c13-7(14)4-10-9-11-6-3-1-2-5(6)8(15)12-9/h1-4H2,(H,13,14)(H2,10,11,12,15). The fourth-order valence-electron chi connectivity index (χ4n) is 1.68. The van der Waals surface area contributed by atoms with Crippen LogP contribution in [0.3, 0.4) is 0 Å². The fraction of sp³-hybridized carbons (Fsp3) is 0.444. The van der Waals surface area contributed by atoms with Crippen LogP contribution in [0.1, 0.15) is 17.7 Å². The number of H-pyrrole nitrogens is 1. The molecule has 1 aliphatic carbocycles. The van der Waals surface area contributed by atoms with E-state index in [9.17, 15) is 9.59 Å². The van der Waals surface area contributed by atoms with Crippen LogP contribution >= 0.6 is 0 Å². The molecule has 0 saturated heterocycles. The summed E-state index contributed by atoms with van der Waals surface area (Å²) in [4.78, 5) is 28.5. The van der Waals surface area contributed by atoms with Crippen molar-refractivity contribution < 1.29 is 9.90 Å². The highest BCUT2D eigenvalue weighted by Crippen LogP contribution is 2.16. The molecule has 0 fully saturated rings. The summed E-state index contributed by atoms with van der Waals surface area (Å²) in [5, 5.41) is 11.0. The third kappa shape index (κ3) is 1.98. The summed E-state index contributed by atoms with van der Waals surface area (Å²) in [6, 6.07) is 0. The highest BCUT2D eigenvalue weighted by Gasteiger charge is 2.16. The number of fused-ring (bicyclic) bond motifs is 1. The number of nitrogens with one attached hydrogen (secondary N) is 2. The SMILES string of the molecule is O=C(O)CNc1nc2c(c(=O)[nH]1)CCC2. The molecular weight excluding hydrogens is 198 g/mol. The average Bonchev–Trinajstić information content (AvgIpc) is 2.63. The van der Waals surface area contributed by atoms with Crippen molar-refractivity contribution in [2.24, 2.45) is 0 Å². The van der Waals surface area contributed by atoms with E-state index < -0.39 is 5.97 Å². The van der Waals surface area contributed by atoms with Crippen molar-refractivity contribution in [1.82, 2.24) is 9.97 Å². The number of rotatable bonds is 3. The summed E-state index contributed by atoms with van der Waals surface area (Å²) < 4.78 is 0. The predicted octanol–water partition coefficient (Wildman–Crippen LogP) is -0.245. The van der Waals surface area contributed by atoms with Crippen molar-refractivity contribution in [2.45, 2.75) is 19.3 Å². The van der Waals surface area contributed by atoms with Crippen molar-refractivity contribution in [3.05, 3.63) is 21.6 Å². The molecule has 0 saturated carbocycles. The van der Waals surface area contributed by atoms with Gasteiger partial charge in [0.2, 0.25) is 5.95 Å². The Morgan fingerprint density at radius 3 is 3.07 bits per heavy atom. The van der Waals surface area contributed by atoms with Crippen molar-refractivity contribution in [3.8, 4) is 0 Å². The first kappa shape index (κ1) is 9.70. The highest BCUT2D eigenvalue weighted by atomic mass is 16.4. The fourth-order valence-corrected chi connectivity index (χ4v) is 1.68. The molecule has 1 aromatic heterocycles. The number of anilines is 1. The zero-order chi connectivity index (χ0) is 10.8. The molecule has 0 bridgehead atoms. The summed E-state index contributed by atoms with van der Waals surface area (Å²) in [6.07, 6.45) is 2.49. The van der Waals surface area contributed by atoms with Crippen LogP contribution in [0.2, 0.25) is 0 Å². The molecule has 2 rings (SSSR count). The lowest BCUT2D eigenvalue weighted by Crippen LogP contribution is -2.20. The molecular formula is C9H11N3O3. The van der Waals surface area contributed by atoms with Gasteiger partial charge < -0.3 is 10.4 Å². The van der Waals surface area contributed by atoms with Gasteiger partial charge in [-0.25, -0.2) is 4.98 Å². The second-order valence-corrected chi connectivity index (χ2v) is 3.44. The van der Waals surface area contributed by atoms with Gasteiger partial charge in [-0.2, -0.15) is 0 Å². The molecule has 3 N–H and O–H groups in total. The number of nitrogens with zero attached hydrogens (tertiary/aromatic N) is 1. The van der Waals surface area contributed by atoms with E-state index in [0.717, 1.165) is 30.5 Å². The van der Waals surface area contributed by atoms with E-state index in [-0.39, 0.29) is 18.1 Å². The van der Waals surface area contributed by atoms with Crippen molar-refractivity contribution in [3.63, 3.8) is 0 Å². The molecule has 0 aromatic carbocycles. The molecule has 0 radical (unpaired) electrons. The van der Waals surface area contributed by atoms with Crippen LogP contribution in [0, 0.1) is 0 Å². The molecule has 0 atom stereocenters. The van der Waals surface area contributed by atoms with Crippen molar-refractivity contribution >= 4 is 11.9 Å². The second kappa shape index (κ2) is 3.72. The molecule has 0 aliphatic heterocycles. The maximum atomic E-state index is 11.5. The van der Waals surface area contributed by atoms with Gasteiger partial charge in [-0.05, 0) is 19.3 Å². The molecule has 0 unspecified atom stereocenters. The Kier molecular flexibility index (Phi) is 2.40. The van der Waals surface area contributed by atoms with Gasteiger partial charge in [0.25, 0.3) is 5.56 Å². The second-order valence-electron chi connectivity index (χ2n) is 3.44. The number of aryl methyl sites for hydroxylation is 1. The molecule has 6 heteroatoms. The van der Waals surface area contributed by atoms with Gasteiger partial charge in [0.1, 0.15) is 6.54 Å². The number of aliphatic carboxylic acids is 1. The van der Waals surface area contributed by atoms with E-state index in [2.05, 4.69) is 15.3 Å². The maximum Gasteiger partial charge on any atom is 0.322 e. The summed E-state index contributed by atoms with van der Waals surface area (Å²) in [7, 11) is 0. The lowest BCUT2D eigenvalue weighted by Gasteiger charge is -2.04. The Hall–Kier alpha value is -1.85. The van der Waals surface area contributed by atoms with Crippen LogP contribution in [0.15, 0.2) is 4.79 Å². The van der Waals surface area contributed by atoms with E-state index in [1.165, 1.54) is 0 Å². The van der Waals surface area contributed by atoms with Gasteiger partial charge in [0.15, 0.2) is 0 Å². The predicted molar refractivity (Wildman–Crippen MR) is 53.0 cm³/mol. The Bertz CT molecular complexity index is 452. The Balaban J connectivity index is 2.24. The van der Waals surface area contributed by atoms with Crippen LogP contribution in [0.5, 0.6) is 0 Å². The molecule has 1 aliphatic rings. The van der Waals surface area contributed by atoms with Crippen LogP contribution < -0.4 is 10.9 Å². The lowest BCUT2D eigenvalue weighted by atomic mass is 10.3. The van der Waals surface area contributed by atoms with E-state index >= 15 is 0 Å². The molecule has 15 heavy (non-hydrogen) atoms. The first-order valence-corrected chi connectivity index (χ1v) is 4.74. The zero-order valence-corrected chi connectivity index (χ0v) is 8.04. The number of aromatic nitrogens is 2. The largest absolute Gasteiger partial charge is 0.480 e. The molecule has 0 amide bonds. The number of carboxylic acid groups (broad SMARTS) is 1. The number of carboxylic acids is 1. The smallest absolute Gasteiger partial charge is 0.322 e. The number of hydrogen-bond acceptors (Lipinski definition) is 4. The van der Waals surface area contributed by atoms with Crippen LogP contribution in [-0.2, 0) is 17.6 Å². The first-order valence-electron chi connectivity index (χ1n) is 4.74. The van der Waals surface area contributed by atoms with Gasteiger partial charge in [-0.1, -0.05) is 0 Å². The molecule has 6 nitrogen and oxygen atoms in total. The topological polar surface area (TPSA) is 95.1 Å². The summed E-state index contributed by atoms with van der Waals surface area (Å²) in [5.41, 5.74) is 1.35. The Morgan fingerprint density at radius 2 is 2.33 bits per heavy atom. The quantitative estimate of drug-likeness (QED) is 0.638. The van der Waals surface area contributed by atoms with E-state index in [4.69, 9.17) is 5.11 Å². The Labute approximate surface area is 85.4 Å². The van der Waals surface area contributed by atoms with Gasteiger partial charge in [0, 0.05) is 5.56 Å². The van der Waals surface area contributed by atoms with Crippen LogP contribution in [0.4, 0.5) is 5.95 Å². The molecule has 80 valence electrons. The molecule has 1 heterocycles. The third-order valence-corrected chi connectivity index (χ3v) is 2.35.